The lowest BCUT2D eigenvalue weighted by Gasteiger charge is -2.09. The number of nitrogens with zero attached hydrogens (tertiary/aromatic N) is 1. The van der Waals surface area contributed by atoms with Crippen LogP contribution in [-0.2, 0) is 4.79 Å². The largest absolute Gasteiger partial charge is 0.478 e. The van der Waals surface area contributed by atoms with Crippen LogP contribution in [0.4, 0.5) is 4.39 Å². The number of carbonyl (C=O) groups is 2. The third kappa shape index (κ3) is 3.78. The molecule has 6 nitrogen and oxygen atoms in total. The molecule has 0 saturated heterocycles. The van der Waals surface area contributed by atoms with Crippen molar-refractivity contribution < 1.29 is 19.1 Å². The molecule has 0 radical (unpaired) electrons. The lowest BCUT2D eigenvalue weighted by Crippen LogP contribution is -2.31. The molecule has 0 aliphatic rings. The van der Waals surface area contributed by atoms with Crippen LogP contribution in [0.5, 0.6) is 0 Å². The number of aliphatic carboxylic acids is 1. The number of nitrogens with one attached hydrogen (secondary N) is 2. The van der Waals surface area contributed by atoms with E-state index in [0.29, 0.717) is 11.3 Å². The van der Waals surface area contributed by atoms with Crippen LogP contribution in [0.3, 0.4) is 0 Å². The molecule has 114 valence electrons. The maximum absolute atomic E-state index is 13.3. The Morgan fingerprint density at radius 3 is 2.91 bits per heavy atom. The van der Waals surface area contributed by atoms with Crippen molar-refractivity contribution in [2.45, 2.75) is 13.0 Å². The number of benzene rings is 1. The van der Waals surface area contributed by atoms with E-state index in [-0.39, 0.29) is 5.56 Å². The Kier molecular flexibility index (Phi) is 4.67. The van der Waals surface area contributed by atoms with Crippen LogP contribution in [0, 0.1) is 5.82 Å². The first-order chi connectivity index (χ1) is 10.5. The number of rotatable bonds is 5. The molecular weight excluding hydrogens is 289 g/mol. The Balaban J connectivity index is 2.18. The summed E-state index contributed by atoms with van der Waals surface area (Å²) in [4.78, 5) is 22.6. The molecule has 7 heteroatoms. The van der Waals surface area contributed by atoms with E-state index < -0.39 is 23.7 Å². The lowest BCUT2D eigenvalue weighted by atomic mass is 10.1. The van der Waals surface area contributed by atoms with Crippen molar-refractivity contribution in [3.05, 3.63) is 54.0 Å². The van der Waals surface area contributed by atoms with Gasteiger partial charge in [-0.25, -0.2) is 9.18 Å². The Labute approximate surface area is 125 Å². The zero-order valence-corrected chi connectivity index (χ0v) is 11.7. The number of aromatic nitrogens is 2. The van der Waals surface area contributed by atoms with E-state index in [0.717, 1.165) is 6.08 Å². The van der Waals surface area contributed by atoms with Gasteiger partial charge in [-0.2, -0.15) is 5.10 Å². The zero-order chi connectivity index (χ0) is 16.1. The second-order valence-corrected chi connectivity index (χ2v) is 4.63. The minimum atomic E-state index is -1.09. The van der Waals surface area contributed by atoms with Crippen molar-refractivity contribution in [1.29, 1.82) is 0 Å². The standard InChI is InChI=1S/C15H14FN3O3/c1-9(5-6-13(20)21)18-15(22)12-8-17-19-14(12)10-3-2-4-11(16)7-10/h2-9H,1H3,(H,17,19)(H,18,22)(H,20,21)/b6-5+. The quantitative estimate of drug-likeness (QED) is 0.736. The summed E-state index contributed by atoms with van der Waals surface area (Å²) in [6.45, 7) is 1.64. The number of carboxylic acids is 1. The topological polar surface area (TPSA) is 95.1 Å². The minimum Gasteiger partial charge on any atom is -0.478 e. The van der Waals surface area contributed by atoms with Crippen molar-refractivity contribution in [1.82, 2.24) is 15.5 Å². The van der Waals surface area contributed by atoms with Gasteiger partial charge in [-0.3, -0.25) is 9.89 Å². The van der Waals surface area contributed by atoms with Crippen LogP contribution in [0.15, 0.2) is 42.6 Å². The van der Waals surface area contributed by atoms with Gasteiger partial charge < -0.3 is 10.4 Å². The van der Waals surface area contributed by atoms with E-state index >= 15 is 0 Å². The van der Waals surface area contributed by atoms with E-state index in [2.05, 4.69) is 15.5 Å². The lowest BCUT2D eigenvalue weighted by molar-refractivity contribution is -0.131. The second kappa shape index (κ2) is 6.66. The number of carboxylic acid groups (broad SMARTS) is 1. The van der Waals surface area contributed by atoms with E-state index in [1.54, 1.807) is 13.0 Å². The third-order valence-electron chi connectivity index (χ3n) is 2.88. The zero-order valence-electron chi connectivity index (χ0n) is 11.7. The van der Waals surface area contributed by atoms with Gasteiger partial charge in [0.15, 0.2) is 0 Å². The molecule has 0 aliphatic heterocycles. The average molecular weight is 303 g/mol. The van der Waals surface area contributed by atoms with Crippen LogP contribution in [0.1, 0.15) is 17.3 Å². The molecule has 22 heavy (non-hydrogen) atoms. The third-order valence-corrected chi connectivity index (χ3v) is 2.88. The first-order valence-corrected chi connectivity index (χ1v) is 6.48. The molecule has 0 bridgehead atoms. The number of H-pyrrole nitrogens is 1. The minimum absolute atomic E-state index is 0.251. The number of aromatic amines is 1. The molecule has 0 saturated carbocycles. The molecule has 1 aromatic carbocycles. The Hall–Kier alpha value is -2.96. The highest BCUT2D eigenvalue weighted by atomic mass is 19.1. The van der Waals surface area contributed by atoms with Crippen molar-refractivity contribution >= 4 is 11.9 Å². The van der Waals surface area contributed by atoms with E-state index in [9.17, 15) is 14.0 Å². The highest BCUT2D eigenvalue weighted by Crippen LogP contribution is 2.21. The van der Waals surface area contributed by atoms with Crippen molar-refractivity contribution in [3.63, 3.8) is 0 Å². The summed E-state index contributed by atoms with van der Waals surface area (Å²) in [7, 11) is 0. The van der Waals surface area contributed by atoms with E-state index in [1.165, 1.54) is 30.5 Å². The summed E-state index contributed by atoms with van der Waals surface area (Å²) in [5, 5.41) is 17.6. The second-order valence-electron chi connectivity index (χ2n) is 4.63. The summed E-state index contributed by atoms with van der Waals surface area (Å²) < 4.78 is 13.3. The fourth-order valence-corrected chi connectivity index (χ4v) is 1.88. The molecule has 1 amide bonds. The maximum atomic E-state index is 13.3. The highest BCUT2D eigenvalue weighted by molar-refractivity contribution is 6.00. The molecule has 1 unspecified atom stereocenters. The highest BCUT2D eigenvalue weighted by Gasteiger charge is 2.16. The van der Waals surface area contributed by atoms with Gasteiger partial charge in [0.2, 0.25) is 0 Å². The molecule has 0 fully saturated rings. The van der Waals surface area contributed by atoms with Gasteiger partial charge in [0.05, 0.1) is 17.5 Å². The Bertz CT molecular complexity index is 724. The molecule has 2 rings (SSSR count). The van der Waals surface area contributed by atoms with Gasteiger partial charge >= 0.3 is 5.97 Å². The van der Waals surface area contributed by atoms with Crippen molar-refractivity contribution in [3.8, 4) is 11.3 Å². The SMILES string of the molecule is CC(/C=C/C(=O)O)NC(=O)c1cn[nH]c1-c1cccc(F)c1. The van der Waals surface area contributed by atoms with Crippen LogP contribution in [0.25, 0.3) is 11.3 Å². The molecule has 0 spiro atoms. The first-order valence-electron chi connectivity index (χ1n) is 6.48. The number of hydrogen-bond donors (Lipinski definition) is 3. The van der Waals surface area contributed by atoms with Gasteiger partial charge in [0.1, 0.15) is 5.82 Å². The smallest absolute Gasteiger partial charge is 0.328 e. The monoisotopic (exact) mass is 303 g/mol. The van der Waals surface area contributed by atoms with Crippen LogP contribution < -0.4 is 5.32 Å². The summed E-state index contributed by atoms with van der Waals surface area (Å²) in [6, 6.07) is 5.31. The Morgan fingerprint density at radius 2 is 2.23 bits per heavy atom. The number of carbonyl (C=O) groups excluding carboxylic acids is 1. The Morgan fingerprint density at radius 1 is 1.45 bits per heavy atom. The molecular formula is C15H14FN3O3. The number of amides is 1. The van der Waals surface area contributed by atoms with Gasteiger partial charge in [0.25, 0.3) is 5.91 Å². The maximum Gasteiger partial charge on any atom is 0.328 e. The predicted molar refractivity (Wildman–Crippen MR) is 77.7 cm³/mol. The molecule has 2 aromatic rings. The van der Waals surface area contributed by atoms with Crippen LogP contribution in [-0.4, -0.2) is 33.2 Å². The molecule has 1 aromatic heterocycles. The number of halogens is 1. The van der Waals surface area contributed by atoms with E-state index in [1.807, 2.05) is 0 Å². The van der Waals surface area contributed by atoms with Gasteiger partial charge in [-0.05, 0) is 19.1 Å². The number of hydrogen-bond acceptors (Lipinski definition) is 3. The normalized spacial score (nSPS) is 12.3. The molecule has 3 N–H and O–H groups in total. The van der Waals surface area contributed by atoms with Gasteiger partial charge in [-0.1, -0.05) is 18.2 Å². The summed E-state index contributed by atoms with van der Waals surface area (Å²) in [5.74, 6) is -1.95. The molecule has 0 aliphatic carbocycles. The average Bonchev–Trinajstić information content (AvgIpc) is 2.94. The van der Waals surface area contributed by atoms with E-state index in [4.69, 9.17) is 5.11 Å². The van der Waals surface area contributed by atoms with Gasteiger partial charge in [-0.15, -0.1) is 0 Å². The van der Waals surface area contributed by atoms with Gasteiger partial charge in [0, 0.05) is 17.7 Å². The predicted octanol–water partition coefficient (Wildman–Crippen LogP) is 1.97. The van der Waals surface area contributed by atoms with Crippen molar-refractivity contribution in [2.24, 2.45) is 0 Å². The molecule has 1 atom stereocenters. The fourth-order valence-electron chi connectivity index (χ4n) is 1.88. The first kappa shape index (κ1) is 15.4. The fraction of sp³-hybridized carbons (Fsp3) is 0.133. The van der Waals surface area contributed by atoms with Crippen LogP contribution in [0.2, 0.25) is 0 Å². The summed E-state index contributed by atoms with van der Waals surface area (Å²) in [5.41, 5.74) is 1.14. The molecule has 1 heterocycles. The van der Waals surface area contributed by atoms with Crippen molar-refractivity contribution in [2.75, 3.05) is 0 Å². The van der Waals surface area contributed by atoms with Crippen LogP contribution >= 0.6 is 0 Å². The summed E-state index contributed by atoms with van der Waals surface area (Å²) in [6.07, 6.45) is 3.64. The summed E-state index contributed by atoms with van der Waals surface area (Å²) >= 11 is 0.